The zero-order chi connectivity index (χ0) is 24.8. The van der Waals surface area contributed by atoms with Gasteiger partial charge in [-0.15, -0.1) is 0 Å². The summed E-state index contributed by atoms with van der Waals surface area (Å²) in [6.07, 6.45) is 1.37. The number of hydrogen-bond donors (Lipinski definition) is 2. The lowest BCUT2D eigenvalue weighted by atomic mass is 10.1. The molecular formula is C25H30N2O7. The molecule has 2 rings (SSSR count). The largest absolute Gasteiger partial charge is 0.497 e. The number of carbonyl (C=O) groups is 4. The maximum atomic E-state index is 12.5. The molecule has 9 nitrogen and oxygen atoms in total. The molecule has 0 bridgehead atoms. The monoisotopic (exact) mass is 470 g/mol. The van der Waals surface area contributed by atoms with Gasteiger partial charge in [-0.1, -0.05) is 24.3 Å². The van der Waals surface area contributed by atoms with Crippen molar-refractivity contribution in [2.24, 2.45) is 0 Å². The molecule has 2 amide bonds. The molecule has 0 unspecified atom stereocenters. The molecule has 2 aromatic rings. The second kappa shape index (κ2) is 14.3. The van der Waals surface area contributed by atoms with E-state index in [0.29, 0.717) is 25.1 Å². The number of para-hydroxylation sites is 1. The molecule has 0 saturated heterocycles. The van der Waals surface area contributed by atoms with Crippen LogP contribution in [0.3, 0.4) is 0 Å². The summed E-state index contributed by atoms with van der Waals surface area (Å²) in [5.41, 5.74) is 1.44. The zero-order valence-electron chi connectivity index (χ0n) is 19.4. The van der Waals surface area contributed by atoms with Crippen LogP contribution in [0.2, 0.25) is 0 Å². The highest BCUT2D eigenvalue weighted by Gasteiger charge is 2.16. The third-order valence-corrected chi connectivity index (χ3v) is 4.74. The van der Waals surface area contributed by atoms with Crippen molar-refractivity contribution in [2.75, 3.05) is 32.2 Å². The van der Waals surface area contributed by atoms with Gasteiger partial charge in [-0.2, -0.15) is 0 Å². The standard InChI is InChI=1S/C25H30N2O7/c1-3-33-24(30)9-6-16-26-23(29)17-34-25(31)20-7-4-5-8-21(20)27-22(28)15-12-18-10-13-19(32-2)14-11-18/h4-5,7-8,10-11,13-14H,3,6,9,12,15-17H2,1-2H3,(H,26,29)(H,27,28). The van der Waals surface area contributed by atoms with Crippen molar-refractivity contribution >= 4 is 29.4 Å². The fourth-order valence-electron chi connectivity index (χ4n) is 2.99. The highest BCUT2D eigenvalue weighted by Crippen LogP contribution is 2.17. The van der Waals surface area contributed by atoms with Gasteiger partial charge < -0.3 is 24.8 Å². The molecule has 0 fully saturated rings. The van der Waals surface area contributed by atoms with Crippen molar-refractivity contribution in [1.82, 2.24) is 5.32 Å². The number of methoxy groups -OCH3 is 1. The molecular weight excluding hydrogens is 440 g/mol. The molecule has 0 aliphatic carbocycles. The summed E-state index contributed by atoms with van der Waals surface area (Å²) in [4.78, 5) is 48.0. The number of carbonyl (C=O) groups excluding carboxylic acids is 4. The Kier molecular flexibility index (Phi) is 11.1. The Bertz CT molecular complexity index is 973. The van der Waals surface area contributed by atoms with Crippen LogP contribution in [0.15, 0.2) is 48.5 Å². The Balaban J connectivity index is 1.79. The van der Waals surface area contributed by atoms with Crippen LogP contribution in [0.25, 0.3) is 0 Å². The smallest absolute Gasteiger partial charge is 0.340 e. The number of amides is 2. The van der Waals surface area contributed by atoms with Crippen molar-refractivity contribution in [3.63, 3.8) is 0 Å². The minimum Gasteiger partial charge on any atom is -0.497 e. The number of hydrogen-bond acceptors (Lipinski definition) is 7. The van der Waals surface area contributed by atoms with Crippen molar-refractivity contribution in [2.45, 2.75) is 32.6 Å². The molecule has 0 aliphatic heterocycles. The van der Waals surface area contributed by atoms with Crippen LogP contribution in [-0.4, -0.2) is 50.6 Å². The van der Waals surface area contributed by atoms with Crippen molar-refractivity contribution in [1.29, 1.82) is 0 Å². The quantitative estimate of drug-likeness (QED) is 0.341. The second-order valence-electron chi connectivity index (χ2n) is 7.28. The lowest BCUT2D eigenvalue weighted by Gasteiger charge is -2.11. The number of anilines is 1. The highest BCUT2D eigenvalue weighted by atomic mass is 16.5. The first-order valence-electron chi connectivity index (χ1n) is 11.0. The van der Waals surface area contributed by atoms with E-state index in [2.05, 4.69) is 10.6 Å². The van der Waals surface area contributed by atoms with E-state index in [1.807, 2.05) is 24.3 Å². The zero-order valence-corrected chi connectivity index (χ0v) is 19.4. The van der Waals surface area contributed by atoms with Crippen LogP contribution in [0.5, 0.6) is 5.75 Å². The summed E-state index contributed by atoms with van der Waals surface area (Å²) in [5, 5.41) is 5.30. The highest BCUT2D eigenvalue weighted by molar-refractivity contribution is 6.01. The van der Waals surface area contributed by atoms with Gasteiger partial charge in [0.05, 0.1) is 25.0 Å². The van der Waals surface area contributed by atoms with Crippen molar-refractivity contribution in [3.05, 3.63) is 59.7 Å². The second-order valence-corrected chi connectivity index (χ2v) is 7.28. The number of rotatable bonds is 13. The van der Waals surface area contributed by atoms with Crippen LogP contribution in [0.1, 0.15) is 42.1 Å². The van der Waals surface area contributed by atoms with Crippen LogP contribution in [0.4, 0.5) is 5.69 Å². The fourth-order valence-corrected chi connectivity index (χ4v) is 2.99. The van der Waals surface area contributed by atoms with Crippen molar-refractivity contribution in [3.8, 4) is 5.75 Å². The van der Waals surface area contributed by atoms with Gasteiger partial charge in [0.2, 0.25) is 5.91 Å². The first kappa shape index (κ1) is 26.4. The minimum atomic E-state index is -0.729. The number of aryl methyl sites for hydroxylation is 1. The SMILES string of the molecule is CCOC(=O)CCCNC(=O)COC(=O)c1ccccc1NC(=O)CCc1ccc(OC)cc1. The van der Waals surface area contributed by atoms with Gasteiger partial charge in [-0.05, 0) is 49.6 Å². The molecule has 9 heteroatoms. The van der Waals surface area contributed by atoms with Crippen LogP contribution in [0, 0.1) is 0 Å². The van der Waals surface area contributed by atoms with E-state index in [9.17, 15) is 19.2 Å². The van der Waals surface area contributed by atoms with E-state index in [0.717, 1.165) is 11.3 Å². The predicted octanol–water partition coefficient (Wildman–Crippen LogP) is 2.88. The third kappa shape index (κ3) is 9.32. The van der Waals surface area contributed by atoms with E-state index in [-0.39, 0.29) is 36.8 Å². The molecule has 0 radical (unpaired) electrons. The summed E-state index contributed by atoms with van der Waals surface area (Å²) < 4.78 is 15.0. The predicted molar refractivity (Wildman–Crippen MR) is 126 cm³/mol. The van der Waals surface area contributed by atoms with Crippen LogP contribution >= 0.6 is 0 Å². The number of benzene rings is 2. The molecule has 0 heterocycles. The summed E-state index contributed by atoms with van der Waals surface area (Å²) in [6, 6.07) is 13.9. The van der Waals surface area contributed by atoms with Gasteiger partial charge in [0.1, 0.15) is 5.75 Å². The Hall–Kier alpha value is -3.88. The molecule has 0 aromatic heterocycles. The molecule has 2 aromatic carbocycles. The van der Waals surface area contributed by atoms with Gasteiger partial charge in [0, 0.05) is 19.4 Å². The summed E-state index contributed by atoms with van der Waals surface area (Å²) in [6.45, 7) is 1.82. The lowest BCUT2D eigenvalue weighted by Crippen LogP contribution is -2.30. The van der Waals surface area contributed by atoms with Gasteiger partial charge >= 0.3 is 11.9 Å². The molecule has 182 valence electrons. The van der Waals surface area contributed by atoms with Crippen LogP contribution < -0.4 is 15.4 Å². The minimum absolute atomic E-state index is 0.149. The van der Waals surface area contributed by atoms with E-state index in [4.69, 9.17) is 14.2 Å². The number of esters is 2. The number of nitrogens with one attached hydrogen (secondary N) is 2. The molecule has 2 N–H and O–H groups in total. The summed E-state index contributed by atoms with van der Waals surface area (Å²) in [5.74, 6) is -1.06. The fraction of sp³-hybridized carbons (Fsp3) is 0.360. The Labute approximate surface area is 198 Å². The van der Waals surface area contributed by atoms with E-state index < -0.39 is 18.5 Å². The average Bonchev–Trinajstić information content (AvgIpc) is 2.84. The first-order chi connectivity index (χ1) is 16.4. The van der Waals surface area contributed by atoms with Gasteiger partial charge in [-0.3, -0.25) is 14.4 Å². The van der Waals surface area contributed by atoms with Crippen molar-refractivity contribution < 1.29 is 33.4 Å². The molecule has 0 atom stereocenters. The summed E-state index contributed by atoms with van der Waals surface area (Å²) in [7, 11) is 1.59. The molecule has 0 aliphatic rings. The maximum absolute atomic E-state index is 12.5. The maximum Gasteiger partial charge on any atom is 0.340 e. The molecule has 0 spiro atoms. The van der Waals surface area contributed by atoms with E-state index >= 15 is 0 Å². The van der Waals surface area contributed by atoms with Crippen LogP contribution in [-0.2, 0) is 30.3 Å². The summed E-state index contributed by atoms with van der Waals surface area (Å²) >= 11 is 0. The van der Waals surface area contributed by atoms with Gasteiger partial charge in [0.15, 0.2) is 6.61 Å². The van der Waals surface area contributed by atoms with E-state index in [1.165, 1.54) is 6.07 Å². The topological polar surface area (TPSA) is 120 Å². The Morgan fingerprint density at radius 3 is 2.32 bits per heavy atom. The molecule has 0 saturated carbocycles. The lowest BCUT2D eigenvalue weighted by molar-refractivity contribution is -0.143. The Morgan fingerprint density at radius 1 is 0.882 bits per heavy atom. The van der Waals surface area contributed by atoms with Gasteiger partial charge in [-0.25, -0.2) is 4.79 Å². The van der Waals surface area contributed by atoms with E-state index in [1.54, 1.807) is 32.2 Å². The van der Waals surface area contributed by atoms with Gasteiger partial charge in [0.25, 0.3) is 5.91 Å². The first-order valence-corrected chi connectivity index (χ1v) is 11.0. The number of ether oxygens (including phenoxy) is 3. The Morgan fingerprint density at radius 2 is 1.62 bits per heavy atom. The average molecular weight is 471 g/mol. The normalized spacial score (nSPS) is 10.2. The third-order valence-electron chi connectivity index (χ3n) is 4.74. The molecule has 34 heavy (non-hydrogen) atoms.